The van der Waals surface area contributed by atoms with Gasteiger partial charge in [0, 0.05) is 12.6 Å². The van der Waals surface area contributed by atoms with Gasteiger partial charge in [-0.25, -0.2) is 4.79 Å². The lowest BCUT2D eigenvalue weighted by atomic mass is 10.0. The van der Waals surface area contributed by atoms with E-state index in [-0.39, 0.29) is 6.09 Å². The third-order valence-electron chi connectivity index (χ3n) is 3.45. The van der Waals surface area contributed by atoms with Gasteiger partial charge in [0.25, 0.3) is 0 Å². The summed E-state index contributed by atoms with van der Waals surface area (Å²) in [5.74, 6) is 0. The normalized spacial score (nSPS) is 12.2. The molecular weight excluding hydrogens is 252 g/mol. The molecule has 0 saturated heterocycles. The van der Waals surface area contributed by atoms with E-state index in [4.69, 9.17) is 4.84 Å². The van der Waals surface area contributed by atoms with E-state index in [9.17, 15) is 4.79 Å². The van der Waals surface area contributed by atoms with Crippen molar-refractivity contribution >= 4 is 6.09 Å². The van der Waals surface area contributed by atoms with Gasteiger partial charge in [0.2, 0.25) is 0 Å². The van der Waals surface area contributed by atoms with Crippen molar-refractivity contribution in [2.45, 2.75) is 91.0 Å². The molecule has 0 fully saturated rings. The predicted molar refractivity (Wildman–Crippen MR) is 84.6 cm³/mol. The van der Waals surface area contributed by atoms with Crippen molar-refractivity contribution in [3.8, 4) is 0 Å². The lowest BCUT2D eigenvalue weighted by Gasteiger charge is -2.18. The fraction of sp³-hybridized carbons (Fsp3) is 0.938. The molecule has 0 aliphatic heterocycles. The minimum absolute atomic E-state index is 0.297. The van der Waals surface area contributed by atoms with E-state index < -0.39 is 0 Å². The number of hydrogen-bond donors (Lipinski definition) is 2. The average Bonchev–Trinajstić information content (AvgIpc) is 2.44. The molecule has 20 heavy (non-hydrogen) atoms. The van der Waals surface area contributed by atoms with Crippen LogP contribution in [0.4, 0.5) is 4.79 Å². The molecule has 0 aliphatic rings. The minimum Gasteiger partial charge on any atom is -0.354 e. The highest BCUT2D eigenvalue weighted by molar-refractivity contribution is 5.66. The van der Waals surface area contributed by atoms with E-state index in [1.54, 1.807) is 0 Å². The van der Waals surface area contributed by atoms with Crippen LogP contribution in [0.5, 0.6) is 0 Å². The predicted octanol–water partition coefficient (Wildman–Crippen LogP) is 4.55. The van der Waals surface area contributed by atoms with Gasteiger partial charge in [-0.15, -0.1) is 5.48 Å². The molecule has 120 valence electrons. The van der Waals surface area contributed by atoms with E-state index in [2.05, 4.69) is 24.6 Å². The zero-order valence-corrected chi connectivity index (χ0v) is 13.7. The maximum atomic E-state index is 11.3. The van der Waals surface area contributed by atoms with Crippen LogP contribution in [0.15, 0.2) is 0 Å². The molecular formula is C16H34N2O2. The lowest BCUT2D eigenvalue weighted by Crippen LogP contribution is -2.36. The molecule has 0 rings (SSSR count). The van der Waals surface area contributed by atoms with Gasteiger partial charge >= 0.3 is 6.09 Å². The summed E-state index contributed by atoms with van der Waals surface area (Å²) in [5, 5.41) is 2.63. The topological polar surface area (TPSA) is 50.4 Å². The Kier molecular flexibility index (Phi) is 14.1. The van der Waals surface area contributed by atoms with Crippen molar-refractivity contribution in [2.75, 3.05) is 6.54 Å². The fourth-order valence-electron chi connectivity index (χ4n) is 2.21. The first-order valence-electron chi connectivity index (χ1n) is 8.44. The number of carbonyl (C=O) groups is 1. The Labute approximate surface area is 125 Å². The number of rotatable bonds is 13. The van der Waals surface area contributed by atoms with E-state index in [1.807, 2.05) is 6.92 Å². The second-order valence-electron chi connectivity index (χ2n) is 5.43. The summed E-state index contributed by atoms with van der Waals surface area (Å²) in [6, 6.07) is 0.297. The van der Waals surface area contributed by atoms with Crippen LogP contribution in [0.1, 0.15) is 85.0 Å². The smallest absolute Gasteiger partial charge is 0.354 e. The molecule has 0 heterocycles. The van der Waals surface area contributed by atoms with Crippen molar-refractivity contribution in [1.82, 2.24) is 10.8 Å². The largest absolute Gasteiger partial charge is 0.426 e. The summed E-state index contributed by atoms with van der Waals surface area (Å²) in [5.41, 5.74) is 2.94. The Hall–Kier alpha value is -0.770. The molecule has 0 radical (unpaired) electrons. The molecule has 0 aromatic rings. The standard InChI is InChI=1S/C16H34N2O2/c1-4-7-9-10-12-14-15(13-11-8-5-2)18-20-16(19)17-6-3/h15,18H,4-14H2,1-3H3,(H,17,19). The molecule has 0 aromatic carbocycles. The first-order valence-corrected chi connectivity index (χ1v) is 8.44. The Bertz CT molecular complexity index is 223. The second kappa shape index (κ2) is 14.6. The maximum absolute atomic E-state index is 11.3. The molecule has 4 nitrogen and oxygen atoms in total. The summed E-state index contributed by atoms with van der Waals surface area (Å²) >= 11 is 0. The molecule has 1 unspecified atom stereocenters. The number of amides is 1. The van der Waals surface area contributed by atoms with Crippen molar-refractivity contribution < 1.29 is 9.63 Å². The molecule has 0 aromatic heterocycles. The highest BCUT2D eigenvalue weighted by Gasteiger charge is 2.10. The Morgan fingerprint density at radius 2 is 1.45 bits per heavy atom. The van der Waals surface area contributed by atoms with Crippen molar-refractivity contribution in [2.24, 2.45) is 0 Å². The van der Waals surface area contributed by atoms with Crippen LogP contribution >= 0.6 is 0 Å². The van der Waals surface area contributed by atoms with Crippen LogP contribution in [-0.4, -0.2) is 18.7 Å². The van der Waals surface area contributed by atoms with E-state index in [0.717, 1.165) is 12.8 Å². The fourth-order valence-corrected chi connectivity index (χ4v) is 2.21. The van der Waals surface area contributed by atoms with Crippen LogP contribution in [0.2, 0.25) is 0 Å². The van der Waals surface area contributed by atoms with Crippen molar-refractivity contribution in [3.63, 3.8) is 0 Å². The van der Waals surface area contributed by atoms with E-state index in [0.29, 0.717) is 12.6 Å². The van der Waals surface area contributed by atoms with E-state index in [1.165, 1.54) is 51.4 Å². The van der Waals surface area contributed by atoms with Gasteiger partial charge in [-0.2, -0.15) is 0 Å². The third-order valence-corrected chi connectivity index (χ3v) is 3.45. The molecule has 0 bridgehead atoms. The number of nitrogens with one attached hydrogen (secondary N) is 2. The molecule has 1 amide bonds. The number of carbonyl (C=O) groups excluding carboxylic acids is 1. The molecule has 0 aliphatic carbocycles. The molecule has 1 atom stereocenters. The Balaban J connectivity index is 3.84. The van der Waals surface area contributed by atoms with Gasteiger partial charge in [-0.05, 0) is 19.8 Å². The van der Waals surface area contributed by atoms with E-state index >= 15 is 0 Å². The summed E-state index contributed by atoms with van der Waals surface area (Å²) in [6.45, 7) is 6.92. The van der Waals surface area contributed by atoms with Crippen LogP contribution in [0.3, 0.4) is 0 Å². The summed E-state index contributed by atoms with van der Waals surface area (Å²) in [4.78, 5) is 16.4. The monoisotopic (exact) mass is 286 g/mol. The van der Waals surface area contributed by atoms with Crippen LogP contribution in [-0.2, 0) is 4.84 Å². The molecule has 0 saturated carbocycles. The molecule has 0 spiro atoms. The van der Waals surface area contributed by atoms with Crippen molar-refractivity contribution in [3.05, 3.63) is 0 Å². The van der Waals surface area contributed by atoms with Gasteiger partial charge in [0.05, 0.1) is 0 Å². The number of hydrogen-bond acceptors (Lipinski definition) is 3. The quantitative estimate of drug-likeness (QED) is 0.386. The lowest BCUT2D eigenvalue weighted by molar-refractivity contribution is 0.0630. The van der Waals surface area contributed by atoms with Gasteiger partial charge in [-0.1, -0.05) is 65.2 Å². The van der Waals surface area contributed by atoms with Crippen molar-refractivity contribution in [1.29, 1.82) is 0 Å². The molecule has 4 heteroatoms. The highest BCUT2D eigenvalue weighted by Crippen LogP contribution is 2.12. The first-order chi connectivity index (χ1) is 9.74. The SMILES string of the molecule is CCCCCCCC(CCCCC)NOC(=O)NCC. The van der Waals surface area contributed by atoms with Crippen LogP contribution < -0.4 is 10.8 Å². The van der Waals surface area contributed by atoms with Crippen LogP contribution in [0.25, 0.3) is 0 Å². The van der Waals surface area contributed by atoms with Gasteiger partial charge < -0.3 is 10.2 Å². The first kappa shape index (κ1) is 19.2. The Morgan fingerprint density at radius 3 is 2.05 bits per heavy atom. The van der Waals surface area contributed by atoms with Gasteiger partial charge in [0.1, 0.15) is 0 Å². The summed E-state index contributed by atoms with van der Waals surface area (Å²) in [6.07, 6.45) is 11.9. The van der Waals surface area contributed by atoms with Gasteiger partial charge in [-0.3, -0.25) is 0 Å². The number of unbranched alkanes of at least 4 members (excludes halogenated alkanes) is 6. The second-order valence-corrected chi connectivity index (χ2v) is 5.43. The number of hydroxylamine groups is 1. The average molecular weight is 286 g/mol. The van der Waals surface area contributed by atoms with Gasteiger partial charge in [0.15, 0.2) is 0 Å². The highest BCUT2D eigenvalue weighted by atomic mass is 16.7. The zero-order valence-electron chi connectivity index (χ0n) is 13.7. The zero-order chi connectivity index (χ0) is 15.1. The molecule has 2 N–H and O–H groups in total. The summed E-state index contributed by atoms with van der Waals surface area (Å²) in [7, 11) is 0. The maximum Gasteiger partial charge on any atom is 0.426 e. The van der Waals surface area contributed by atoms with Crippen LogP contribution in [0, 0.1) is 0 Å². The minimum atomic E-state index is -0.376. The Morgan fingerprint density at radius 1 is 0.900 bits per heavy atom. The third kappa shape index (κ3) is 12.3. The summed E-state index contributed by atoms with van der Waals surface area (Å²) < 4.78 is 0.